The lowest BCUT2D eigenvalue weighted by atomic mass is 10.1. The SMILES string of the molecule is Cc1cc(NCC(=O)N2CCCCC2)c(C(N)=S)c(C)n1. The number of amides is 1. The molecular formula is C15H22N4OS. The van der Waals surface area contributed by atoms with Gasteiger partial charge in [-0.3, -0.25) is 9.78 Å². The Morgan fingerprint density at radius 1 is 1.38 bits per heavy atom. The van der Waals surface area contributed by atoms with E-state index < -0.39 is 0 Å². The van der Waals surface area contributed by atoms with Crippen LogP contribution in [-0.4, -0.2) is 40.4 Å². The third-order valence-electron chi connectivity index (χ3n) is 3.71. The number of piperidine rings is 1. The summed E-state index contributed by atoms with van der Waals surface area (Å²) >= 11 is 5.09. The van der Waals surface area contributed by atoms with E-state index in [1.54, 1.807) is 0 Å². The summed E-state index contributed by atoms with van der Waals surface area (Å²) in [5, 5.41) is 3.17. The van der Waals surface area contributed by atoms with E-state index >= 15 is 0 Å². The highest BCUT2D eigenvalue weighted by Gasteiger charge is 2.17. The summed E-state index contributed by atoms with van der Waals surface area (Å²) in [6.07, 6.45) is 3.40. The largest absolute Gasteiger partial charge is 0.389 e. The number of hydrogen-bond donors (Lipinski definition) is 2. The molecule has 0 spiro atoms. The van der Waals surface area contributed by atoms with Gasteiger partial charge in [-0.25, -0.2) is 0 Å². The van der Waals surface area contributed by atoms with E-state index in [0.717, 1.165) is 48.6 Å². The second-order valence-corrected chi connectivity index (χ2v) is 5.87. The van der Waals surface area contributed by atoms with Crippen molar-refractivity contribution in [2.24, 2.45) is 5.73 Å². The lowest BCUT2D eigenvalue weighted by molar-refractivity contribution is -0.130. The first-order valence-electron chi connectivity index (χ1n) is 7.28. The Hall–Kier alpha value is -1.69. The first-order valence-corrected chi connectivity index (χ1v) is 7.69. The number of likely N-dealkylation sites (tertiary alicyclic amines) is 1. The van der Waals surface area contributed by atoms with Crippen molar-refractivity contribution in [2.45, 2.75) is 33.1 Å². The molecule has 1 aromatic heterocycles. The molecule has 2 heterocycles. The van der Waals surface area contributed by atoms with Gasteiger partial charge in [0.1, 0.15) is 4.99 Å². The molecule has 0 unspecified atom stereocenters. The smallest absolute Gasteiger partial charge is 0.241 e. The van der Waals surface area contributed by atoms with Crippen molar-refractivity contribution in [1.29, 1.82) is 0 Å². The zero-order valence-electron chi connectivity index (χ0n) is 12.6. The van der Waals surface area contributed by atoms with Crippen LogP contribution in [0, 0.1) is 13.8 Å². The molecule has 3 N–H and O–H groups in total. The number of nitrogens with one attached hydrogen (secondary N) is 1. The van der Waals surface area contributed by atoms with E-state index in [-0.39, 0.29) is 12.5 Å². The van der Waals surface area contributed by atoms with Crippen LogP contribution in [-0.2, 0) is 4.79 Å². The summed E-state index contributed by atoms with van der Waals surface area (Å²) in [6.45, 7) is 5.76. The molecule has 21 heavy (non-hydrogen) atoms. The quantitative estimate of drug-likeness (QED) is 0.829. The Balaban J connectivity index is 2.08. The van der Waals surface area contributed by atoms with Gasteiger partial charge in [-0.2, -0.15) is 0 Å². The molecule has 1 aliphatic heterocycles. The number of rotatable bonds is 4. The van der Waals surface area contributed by atoms with Crippen molar-refractivity contribution in [1.82, 2.24) is 9.88 Å². The Bertz CT molecular complexity index is 553. The van der Waals surface area contributed by atoms with Crippen molar-refractivity contribution < 1.29 is 4.79 Å². The molecule has 1 fully saturated rings. The molecule has 1 aliphatic rings. The predicted octanol–water partition coefficient (Wildman–Crippen LogP) is 1.76. The number of nitrogens with zero attached hydrogens (tertiary/aromatic N) is 2. The number of hydrogen-bond acceptors (Lipinski definition) is 4. The topological polar surface area (TPSA) is 71.2 Å². The van der Waals surface area contributed by atoms with Crippen LogP contribution in [0.2, 0.25) is 0 Å². The molecule has 0 bridgehead atoms. The number of thiocarbonyl (C=S) groups is 1. The van der Waals surface area contributed by atoms with Crippen LogP contribution < -0.4 is 11.1 Å². The Labute approximate surface area is 130 Å². The van der Waals surface area contributed by atoms with Crippen molar-refractivity contribution in [3.8, 4) is 0 Å². The summed E-state index contributed by atoms with van der Waals surface area (Å²) in [6, 6.07) is 1.88. The van der Waals surface area contributed by atoms with Crippen molar-refractivity contribution in [3.05, 3.63) is 23.0 Å². The Morgan fingerprint density at radius 3 is 2.67 bits per heavy atom. The molecule has 0 aromatic carbocycles. The molecule has 1 saturated heterocycles. The van der Waals surface area contributed by atoms with Gasteiger partial charge >= 0.3 is 0 Å². The fraction of sp³-hybridized carbons (Fsp3) is 0.533. The Kier molecular flexibility index (Phi) is 5.12. The van der Waals surface area contributed by atoms with Crippen LogP contribution >= 0.6 is 12.2 Å². The fourth-order valence-corrected chi connectivity index (χ4v) is 2.96. The van der Waals surface area contributed by atoms with E-state index in [9.17, 15) is 4.79 Å². The lowest BCUT2D eigenvalue weighted by Crippen LogP contribution is -2.39. The molecule has 0 saturated carbocycles. The number of nitrogens with two attached hydrogens (primary N) is 1. The second-order valence-electron chi connectivity index (χ2n) is 5.43. The van der Waals surface area contributed by atoms with E-state index in [4.69, 9.17) is 18.0 Å². The minimum Gasteiger partial charge on any atom is -0.389 e. The predicted molar refractivity (Wildman–Crippen MR) is 88.5 cm³/mol. The number of aryl methyl sites for hydroxylation is 2. The fourth-order valence-electron chi connectivity index (χ4n) is 2.71. The highest BCUT2D eigenvalue weighted by atomic mass is 32.1. The van der Waals surface area contributed by atoms with Gasteiger partial charge in [-0.05, 0) is 39.2 Å². The van der Waals surface area contributed by atoms with Crippen molar-refractivity contribution in [3.63, 3.8) is 0 Å². The van der Waals surface area contributed by atoms with E-state index in [1.807, 2.05) is 24.8 Å². The highest BCUT2D eigenvalue weighted by molar-refractivity contribution is 7.80. The molecule has 0 atom stereocenters. The maximum absolute atomic E-state index is 12.2. The summed E-state index contributed by atoms with van der Waals surface area (Å²) in [5.41, 5.74) is 8.95. The van der Waals surface area contributed by atoms with E-state index in [2.05, 4.69) is 10.3 Å². The van der Waals surface area contributed by atoms with Crippen LogP contribution in [0.5, 0.6) is 0 Å². The maximum Gasteiger partial charge on any atom is 0.241 e. The molecule has 0 radical (unpaired) electrons. The van der Waals surface area contributed by atoms with Crippen LogP contribution in [0.15, 0.2) is 6.07 Å². The number of anilines is 1. The van der Waals surface area contributed by atoms with E-state index in [0.29, 0.717) is 4.99 Å². The normalized spacial score (nSPS) is 14.9. The molecule has 2 rings (SSSR count). The van der Waals surface area contributed by atoms with Gasteiger partial charge in [-0.1, -0.05) is 12.2 Å². The van der Waals surface area contributed by atoms with Gasteiger partial charge in [0.2, 0.25) is 5.91 Å². The lowest BCUT2D eigenvalue weighted by Gasteiger charge is -2.27. The zero-order valence-corrected chi connectivity index (χ0v) is 13.4. The molecule has 0 aliphatic carbocycles. The molecule has 114 valence electrons. The third-order valence-corrected chi connectivity index (χ3v) is 3.92. The molecule has 1 aromatic rings. The van der Waals surface area contributed by atoms with Gasteiger partial charge in [0.05, 0.1) is 12.1 Å². The minimum atomic E-state index is 0.121. The minimum absolute atomic E-state index is 0.121. The number of carbonyl (C=O) groups is 1. The average Bonchev–Trinajstić information content (AvgIpc) is 2.44. The third kappa shape index (κ3) is 3.91. The van der Waals surface area contributed by atoms with Gasteiger partial charge < -0.3 is 16.0 Å². The summed E-state index contributed by atoms with van der Waals surface area (Å²) < 4.78 is 0. The first kappa shape index (κ1) is 15.7. The number of aromatic nitrogens is 1. The van der Waals surface area contributed by atoms with Crippen LogP contribution in [0.3, 0.4) is 0 Å². The van der Waals surface area contributed by atoms with E-state index in [1.165, 1.54) is 6.42 Å². The number of carbonyl (C=O) groups excluding carboxylic acids is 1. The van der Waals surface area contributed by atoms with Gasteiger partial charge in [0.15, 0.2) is 0 Å². The average molecular weight is 306 g/mol. The van der Waals surface area contributed by atoms with Gasteiger partial charge in [0, 0.05) is 30.2 Å². The Morgan fingerprint density at radius 2 is 2.05 bits per heavy atom. The van der Waals surface area contributed by atoms with Gasteiger partial charge in [0.25, 0.3) is 0 Å². The van der Waals surface area contributed by atoms with Crippen LogP contribution in [0.4, 0.5) is 5.69 Å². The maximum atomic E-state index is 12.2. The molecule has 5 nitrogen and oxygen atoms in total. The molecular weight excluding hydrogens is 284 g/mol. The van der Waals surface area contributed by atoms with Crippen LogP contribution in [0.1, 0.15) is 36.2 Å². The van der Waals surface area contributed by atoms with Gasteiger partial charge in [-0.15, -0.1) is 0 Å². The zero-order chi connectivity index (χ0) is 15.4. The van der Waals surface area contributed by atoms with Crippen molar-refractivity contribution in [2.75, 3.05) is 25.0 Å². The summed E-state index contributed by atoms with van der Waals surface area (Å²) in [5.74, 6) is 0.121. The summed E-state index contributed by atoms with van der Waals surface area (Å²) in [7, 11) is 0. The monoisotopic (exact) mass is 306 g/mol. The standard InChI is InChI=1S/C15H22N4OS/c1-10-8-12(14(15(16)21)11(2)18-10)17-9-13(20)19-6-4-3-5-7-19/h8H,3-7,9H2,1-2H3,(H2,16,21)(H,17,18). The highest BCUT2D eigenvalue weighted by Crippen LogP contribution is 2.19. The second kappa shape index (κ2) is 6.85. The molecule has 6 heteroatoms. The number of pyridine rings is 1. The summed E-state index contributed by atoms with van der Waals surface area (Å²) in [4.78, 5) is 18.8. The first-order chi connectivity index (χ1) is 9.99. The molecule has 1 amide bonds. The van der Waals surface area contributed by atoms with Crippen LogP contribution in [0.25, 0.3) is 0 Å². The van der Waals surface area contributed by atoms with Crippen molar-refractivity contribution >= 4 is 28.8 Å².